The van der Waals surface area contributed by atoms with E-state index in [4.69, 9.17) is 0 Å². The van der Waals surface area contributed by atoms with Gasteiger partial charge in [-0.1, -0.05) is 6.07 Å². The number of nitrogens with zero attached hydrogens (tertiary/aromatic N) is 3. The van der Waals surface area contributed by atoms with Crippen molar-refractivity contribution in [1.82, 2.24) is 14.8 Å². The molecule has 0 unspecified atom stereocenters. The predicted molar refractivity (Wildman–Crippen MR) is 106 cm³/mol. The van der Waals surface area contributed by atoms with Gasteiger partial charge in [0.1, 0.15) is 5.56 Å². The topological polar surface area (TPSA) is 86.1 Å². The highest BCUT2D eigenvalue weighted by molar-refractivity contribution is 6.01. The Balaban J connectivity index is 1.79. The molecular weight excluding hydrogens is 413 g/mol. The number of benzene rings is 1. The fourth-order valence-corrected chi connectivity index (χ4v) is 2.69. The Labute approximate surface area is 175 Å². The van der Waals surface area contributed by atoms with Gasteiger partial charge in [-0.2, -0.15) is 18.3 Å². The van der Waals surface area contributed by atoms with Crippen molar-refractivity contribution in [3.8, 4) is 5.69 Å². The Hall–Kier alpha value is -3.95. The number of carbonyl (C=O) groups excluding carboxylic acids is 2. The van der Waals surface area contributed by atoms with E-state index in [0.29, 0.717) is 10.4 Å². The highest BCUT2D eigenvalue weighted by Crippen LogP contribution is 2.34. The number of carbonyl (C=O) groups is 2. The van der Waals surface area contributed by atoms with E-state index in [1.165, 1.54) is 37.3 Å². The van der Waals surface area contributed by atoms with E-state index in [1.807, 2.05) is 0 Å². The summed E-state index contributed by atoms with van der Waals surface area (Å²) >= 11 is 0. The van der Waals surface area contributed by atoms with Crippen molar-refractivity contribution in [3.63, 3.8) is 0 Å². The lowest BCUT2D eigenvalue weighted by molar-refractivity contribution is -0.143. The zero-order valence-electron chi connectivity index (χ0n) is 16.3. The minimum atomic E-state index is -4.83. The Bertz CT molecular complexity index is 1090. The van der Waals surface area contributed by atoms with E-state index in [9.17, 15) is 22.8 Å². The van der Waals surface area contributed by atoms with E-state index >= 15 is 0 Å². The molecule has 0 aliphatic rings. The zero-order valence-corrected chi connectivity index (χ0v) is 16.3. The molecule has 3 rings (SSSR count). The Morgan fingerprint density at radius 2 is 1.90 bits per heavy atom. The van der Waals surface area contributed by atoms with E-state index in [-0.39, 0.29) is 12.3 Å². The van der Waals surface area contributed by atoms with Crippen molar-refractivity contribution in [2.75, 3.05) is 11.9 Å². The number of nitrogens with one attached hydrogen (secondary N) is 1. The van der Waals surface area contributed by atoms with Crippen LogP contribution in [-0.2, 0) is 15.7 Å². The van der Waals surface area contributed by atoms with Gasteiger partial charge in [-0.05, 0) is 48.9 Å². The third-order valence-electron chi connectivity index (χ3n) is 4.02. The standard InChI is InChI=1S/C21H17F3N4O3/c1-2-31-20(30)17-13-26-28(19(17)21(22,23)24)16-8-6-15(7-9-16)27-18(29)10-5-14-4-3-11-25-12-14/h3-13H,2H2,1H3,(H,27,29)/b10-5+. The van der Waals surface area contributed by atoms with Crippen LogP contribution in [0.5, 0.6) is 0 Å². The van der Waals surface area contributed by atoms with Crippen molar-refractivity contribution < 1.29 is 27.5 Å². The monoisotopic (exact) mass is 430 g/mol. The van der Waals surface area contributed by atoms with Crippen LogP contribution in [0.25, 0.3) is 11.8 Å². The van der Waals surface area contributed by atoms with Crippen LogP contribution < -0.4 is 5.32 Å². The van der Waals surface area contributed by atoms with Gasteiger partial charge in [0, 0.05) is 24.2 Å². The van der Waals surface area contributed by atoms with Crippen LogP contribution >= 0.6 is 0 Å². The number of rotatable bonds is 6. The molecule has 0 bridgehead atoms. The maximum absolute atomic E-state index is 13.6. The minimum Gasteiger partial charge on any atom is -0.462 e. The van der Waals surface area contributed by atoms with Crippen molar-refractivity contribution in [2.24, 2.45) is 0 Å². The second-order valence-electron chi connectivity index (χ2n) is 6.19. The number of ether oxygens (including phenoxy) is 1. The van der Waals surface area contributed by atoms with Crippen LogP contribution in [0.2, 0.25) is 0 Å². The fraction of sp³-hybridized carbons (Fsp3) is 0.143. The van der Waals surface area contributed by atoms with Gasteiger partial charge in [0.25, 0.3) is 0 Å². The Morgan fingerprint density at radius 1 is 1.16 bits per heavy atom. The first-order valence-electron chi connectivity index (χ1n) is 9.11. The number of anilines is 1. The number of hydrogen-bond acceptors (Lipinski definition) is 5. The molecule has 3 aromatic rings. The van der Waals surface area contributed by atoms with Crippen LogP contribution in [0.1, 0.15) is 28.5 Å². The van der Waals surface area contributed by atoms with Crippen LogP contribution in [0.4, 0.5) is 18.9 Å². The summed E-state index contributed by atoms with van der Waals surface area (Å²) in [6.07, 6.45) is 2.07. The first-order valence-corrected chi connectivity index (χ1v) is 9.11. The molecule has 0 atom stereocenters. The normalized spacial score (nSPS) is 11.5. The summed E-state index contributed by atoms with van der Waals surface area (Å²) in [5, 5.41) is 6.30. The van der Waals surface area contributed by atoms with E-state index in [0.717, 1.165) is 11.8 Å². The van der Waals surface area contributed by atoms with Crippen molar-refractivity contribution >= 4 is 23.6 Å². The predicted octanol–water partition coefficient (Wildman–Crippen LogP) is 4.11. The summed E-state index contributed by atoms with van der Waals surface area (Å²) in [5.74, 6) is -1.53. The lowest BCUT2D eigenvalue weighted by Crippen LogP contribution is -2.18. The summed E-state index contributed by atoms with van der Waals surface area (Å²) in [7, 11) is 0. The molecule has 0 saturated heterocycles. The zero-order chi connectivity index (χ0) is 22.4. The Morgan fingerprint density at radius 3 is 2.52 bits per heavy atom. The number of hydrogen-bond donors (Lipinski definition) is 1. The fourth-order valence-electron chi connectivity index (χ4n) is 2.69. The molecule has 10 heteroatoms. The third-order valence-corrected chi connectivity index (χ3v) is 4.02. The van der Waals surface area contributed by atoms with Crippen LogP contribution in [0.15, 0.2) is 61.1 Å². The average Bonchev–Trinajstić information content (AvgIpc) is 3.20. The highest BCUT2D eigenvalue weighted by Gasteiger charge is 2.41. The van der Waals surface area contributed by atoms with Crippen molar-refractivity contribution in [3.05, 3.63) is 77.9 Å². The number of esters is 1. The molecule has 2 heterocycles. The van der Waals surface area contributed by atoms with Gasteiger partial charge in [0.15, 0.2) is 5.69 Å². The molecule has 1 N–H and O–H groups in total. The van der Waals surface area contributed by atoms with Gasteiger partial charge in [-0.3, -0.25) is 9.78 Å². The molecule has 0 saturated carbocycles. The van der Waals surface area contributed by atoms with Crippen LogP contribution in [0, 0.1) is 0 Å². The first-order chi connectivity index (χ1) is 14.8. The minimum absolute atomic E-state index is 0.0618. The number of aromatic nitrogens is 3. The summed E-state index contributed by atoms with van der Waals surface area (Å²) in [6, 6.07) is 9.05. The molecule has 0 aliphatic carbocycles. The molecule has 7 nitrogen and oxygen atoms in total. The summed E-state index contributed by atoms with van der Waals surface area (Å²) in [4.78, 5) is 27.8. The number of halogens is 3. The number of amides is 1. The molecule has 0 aliphatic heterocycles. The summed E-state index contributed by atoms with van der Waals surface area (Å²) in [5.41, 5.74) is -0.735. The first kappa shape index (κ1) is 21.8. The van der Waals surface area contributed by atoms with Gasteiger partial charge in [-0.15, -0.1) is 0 Å². The molecule has 0 spiro atoms. The van der Waals surface area contributed by atoms with E-state index in [1.54, 1.807) is 30.6 Å². The maximum Gasteiger partial charge on any atom is 0.434 e. The van der Waals surface area contributed by atoms with Gasteiger partial charge >= 0.3 is 12.1 Å². The highest BCUT2D eigenvalue weighted by atomic mass is 19.4. The van der Waals surface area contributed by atoms with Gasteiger partial charge in [0.05, 0.1) is 18.5 Å². The van der Waals surface area contributed by atoms with Crippen molar-refractivity contribution in [2.45, 2.75) is 13.1 Å². The molecular formula is C21H17F3N4O3. The second kappa shape index (κ2) is 9.24. The Kier molecular flexibility index (Phi) is 6.49. The van der Waals surface area contributed by atoms with Crippen LogP contribution in [0.3, 0.4) is 0 Å². The average molecular weight is 430 g/mol. The molecule has 0 fully saturated rings. The molecule has 2 aromatic heterocycles. The SMILES string of the molecule is CCOC(=O)c1cnn(-c2ccc(NC(=O)/C=C/c3cccnc3)cc2)c1C(F)(F)F. The van der Waals surface area contributed by atoms with Crippen molar-refractivity contribution in [1.29, 1.82) is 0 Å². The van der Waals surface area contributed by atoms with Gasteiger partial charge < -0.3 is 10.1 Å². The molecule has 160 valence electrons. The van der Waals surface area contributed by atoms with E-state index in [2.05, 4.69) is 20.1 Å². The quantitative estimate of drug-likeness (QED) is 0.470. The molecule has 31 heavy (non-hydrogen) atoms. The maximum atomic E-state index is 13.6. The number of pyridine rings is 1. The number of alkyl halides is 3. The molecule has 0 radical (unpaired) electrons. The van der Waals surface area contributed by atoms with E-state index < -0.39 is 29.3 Å². The van der Waals surface area contributed by atoms with Gasteiger partial charge in [-0.25, -0.2) is 9.48 Å². The third kappa shape index (κ3) is 5.35. The smallest absolute Gasteiger partial charge is 0.434 e. The lowest BCUT2D eigenvalue weighted by atomic mass is 10.2. The summed E-state index contributed by atoms with van der Waals surface area (Å²) in [6.45, 7) is 1.43. The lowest BCUT2D eigenvalue weighted by Gasteiger charge is -2.13. The molecule has 1 amide bonds. The second-order valence-corrected chi connectivity index (χ2v) is 6.19. The summed E-state index contributed by atoms with van der Waals surface area (Å²) < 4.78 is 46.0. The molecule has 1 aromatic carbocycles. The van der Waals surface area contributed by atoms with Crippen LogP contribution in [-0.4, -0.2) is 33.2 Å². The van der Waals surface area contributed by atoms with Gasteiger partial charge in [0.2, 0.25) is 5.91 Å². The largest absolute Gasteiger partial charge is 0.462 e.